The Morgan fingerprint density at radius 2 is 1.90 bits per heavy atom. The third-order valence-corrected chi connectivity index (χ3v) is 3.50. The number of hydrogen-bond acceptors (Lipinski definition) is 3. The zero-order valence-corrected chi connectivity index (χ0v) is 13.3. The molecule has 0 amide bonds. The van der Waals surface area contributed by atoms with Crippen LogP contribution in [0, 0.1) is 0 Å². The minimum atomic E-state index is 0.594. The molecule has 0 fully saturated rings. The second kappa shape index (κ2) is 9.89. The molecule has 0 saturated carbocycles. The molecular weight excluding hydrogens is 274 g/mol. The summed E-state index contributed by atoms with van der Waals surface area (Å²) < 4.78 is 11.1. The number of hydrogen-bond donors (Lipinski definition) is 1. The van der Waals surface area contributed by atoms with Crippen molar-refractivity contribution in [3.8, 4) is 11.5 Å². The van der Waals surface area contributed by atoms with Crippen LogP contribution in [0.4, 0.5) is 0 Å². The van der Waals surface area contributed by atoms with E-state index in [0.717, 1.165) is 18.4 Å². The molecule has 20 heavy (non-hydrogen) atoms. The Morgan fingerprint density at radius 3 is 2.55 bits per heavy atom. The average molecular weight is 300 g/mol. The topological polar surface area (TPSA) is 44.5 Å². The third-order valence-electron chi connectivity index (χ3n) is 3.22. The Labute approximate surface area is 127 Å². The minimum absolute atomic E-state index is 0.594. The van der Waals surface area contributed by atoms with Crippen LogP contribution in [0.25, 0.3) is 0 Å². The fraction of sp³-hybridized carbons (Fsp3) is 0.625. The molecule has 1 aromatic rings. The number of nitrogens with two attached hydrogens (primary N) is 1. The first kappa shape index (κ1) is 17.1. The summed E-state index contributed by atoms with van der Waals surface area (Å²) in [5.74, 6) is 1.33. The van der Waals surface area contributed by atoms with E-state index in [1.807, 2.05) is 12.1 Å². The predicted octanol–water partition coefficient (Wildman–Crippen LogP) is 4.20. The van der Waals surface area contributed by atoms with Gasteiger partial charge in [0.1, 0.15) is 0 Å². The number of ether oxygens (including phenoxy) is 2. The Hall–Kier alpha value is -0.930. The van der Waals surface area contributed by atoms with Crippen molar-refractivity contribution in [1.82, 2.24) is 0 Å². The summed E-state index contributed by atoms with van der Waals surface area (Å²) >= 11 is 6.27. The molecule has 0 spiro atoms. The molecule has 2 N–H and O–H groups in total. The van der Waals surface area contributed by atoms with Crippen LogP contribution in [-0.2, 0) is 6.42 Å². The SMILES string of the molecule is CCCCCCCOc1c(Cl)cc(CCN)cc1OC. The van der Waals surface area contributed by atoms with Gasteiger partial charge >= 0.3 is 0 Å². The summed E-state index contributed by atoms with van der Waals surface area (Å²) in [6, 6.07) is 3.86. The quantitative estimate of drug-likeness (QED) is 0.659. The van der Waals surface area contributed by atoms with Gasteiger partial charge < -0.3 is 15.2 Å². The smallest absolute Gasteiger partial charge is 0.179 e. The first-order chi connectivity index (χ1) is 9.72. The molecule has 0 aromatic heterocycles. The fourth-order valence-electron chi connectivity index (χ4n) is 2.10. The lowest BCUT2D eigenvalue weighted by molar-refractivity contribution is 0.285. The Kier molecular flexibility index (Phi) is 8.47. The van der Waals surface area contributed by atoms with Gasteiger partial charge in [0, 0.05) is 0 Å². The average Bonchev–Trinajstić information content (AvgIpc) is 2.44. The summed E-state index contributed by atoms with van der Waals surface area (Å²) in [6.07, 6.45) is 6.83. The highest BCUT2D eigenvalue weighted by molar-refractivity contribution is 6.32. The Morgan fingerprint density at radius 1 is 1.15 bits per heavy atom. The van der Waals surface area contributed by atoms with Crippen LogP contribution in [-0.4, -0.2) is 20.3 Å². The van der Waals surface area contributed by atoms with Gasteiger partial charge in [0.05, 0.1) is 18.7 Å². The van der Waals surface area contributed by atoms with Crippen molar-refractivity contribution in [1.29, 1.82) is 0 Å². The lowest BCUT2D eigenvalue weighted by Gasteiger charge is -2.14. The molecule has 0 aliphatic rings. The van der Waals surface area contributed by atoms with E-state index in [0.29, 0.717) is 29.7 Å². The number of methoxy groups -OCH3 is 1. The van der Waals surface area contributed by atoms with Gasteiger partial charge in [-0.05, 0) is 37.1 Å². The summed E-state index contributed by atoms with van der Waals surface area (Å²) in [5, 5.41) is 0.598. The Bertz CT molecular complexity index is 396. The molecule has 0 aliphatic carbocycles. The summed E-state index contributed by atoms with van der Waals surface area (Å²) in [7, 11) is 1.63. The van der Waals surface area contributed by atoms with E-state index in [-0.39, 0.29) is 0 Å². The molecule has 0 unspecified atom stereocenters. The van der Waals surface area contributed by atoms with Gasteiger partial charge in [-0.1, -0.05) is 44.2 Å². The molecule has 0 bridgehead atoms. The highest BCUT2D eigenvalue weighted by Crippen LogP contribution is 2.36. The molecule has 114 valence electrons. The lowest BCUT2D eigenvalue weighted by Crippen LogP contribution is -2.04. The number of benzene rings is 1. The van der Waals surface area contributed by atoms with Crippen molar-refractivity contribution in [2.24, 2.45) is 5.73 Å². The molecule has 1 aromatic carbocycles. The molecule has 0 aliphatic heterocycles. The van der Waals surface area contributed by atoms with Gasteiger partial charge in [0.2, 0.25) is 0 Å². The molecule has 0 radical (unpaired) electrons. The van der Waals surface area contributed by atoms with Crippen LogP contribution in [0.2, 0.25) is 5.02 Å². The number of unbranched alkanes of at least 4 members (excludes halogenated alkanes) is 4. The monoisotopic (exact) mass is 299 g/mol. The largest absolute Gasteiger partial charge is 0.493 e. The molecule has 0 saturated heterocycles. The van der Waals surface area contributed by atoms with E-state index in [2.05, 4.69) is 6.92 Å². The van der Waals surface area contributed by atoms with Crippen LogP contribution in [0.15, 0.2) is 12.1 Å². The second-order valence-electron chi connectivity index (χ2n) is 4.91. The van der Waals surface area contributed by atoms with E-state index in [1.165, 1.54) is 25.7 Å². The molecular formula is C16H26ClNO2. The van der Waals surface area contributed by atoms with Gasteiger partial charge in [-0.2, -0.15) is 0 Å². The molecule has 0 atom stereocenters. The summed E-state index contributed by atoms with van der Waals surface area (Å²) in [4.78, 5) is 0. The maximum absolute atomic E-state index is 6.27. The normalized spacial score (nSPS) is 10.6. The van der Waals surface area contributed by atoms with Crippen LogP contribution in [0.3, 0.4) is 0 Å². The van der Waals surface area contributed by atoms with Crippen LogP contribution in [0.5, 0.6) is 11.5 Å². The van der Waals surface area contributed by atoms with Crippen LogP contribution in [0.1, 0.15) is 44.6 Å². The third kappa shape index (κ3) is 5.59. The summed E-state index contributed by atoms with van der Waals surface area (Å²) in [5.41, 5.74) is 6.64. The minimum Gasteiger partial charge on any atom is -0.493 e. The van der Waals surface area contributed by atoms with Crippen molar-refractivity contribution in [3.05, 3.63) is 22.7 Å². The van der Waals surface area contributed by atoms with Crippen LogP contribution < -0.4 is 15.2 Å². The molecule has 4 heteroatoms. The van der Waals surface area contributed by atoms with Gasteiger partial charge in [0.15, 0.2) is 11.5 Å². The highest BCUT2D eigenvalue weighted by Gasteiger charge is 2.11. The van der Waals surface area contributed by atoms with Gasteiger partial charge in [-0.15, -0.1) is 0 Å². The van der Waals surface area contributed by atoms with Crippen molar-refractivity contribution in [3.63, 3.8) is 0 Å². The number of halogens is 1. The maximum atomic E-state index is 6.27. The van der Waals surface area contributed by atoms with E-state index in [4.69, 9.17) is 26.8 Å². The Balaban J connectivity index is 2.55. The predicted molar refractivity (Wildman–Crippen MR) is 85.0 cm³/mol. The zero-order chi connectivity index (χ0) is 14.8. The van der Waals surface area contributed by atoms with Gasteiger partial charge in [-0.25, -0.2) is 0 Å². The van der Waals surface area contributed by atoms with E-state index >= 15 is 0 Å². The van der Waals surface area contributed by atoms with Crippen molar-refractivity contribution < 1.29 is 9.47 Å². The maximum Gasteiger partial charge on any atom is 0.179 e. The first-order valence-electron chi connectivity index (χ1n) is 7.42. The summed E-state index contributed by atoms with van der Waals surface area (Å²) in [6.45, 7) is 3.48. The van der Waals surface area contributed by atoms with Gasteiger partial charge in [0.25, 0.3) is 0 Å². The van der Waals surface area contributed by atoms with E-state index < -0.39 is 0 Å². The number of rotatable bonds is 10. The van der Waals surface area contributed by atoms with Crippen LogP contribution >= 0.6 is 11.6 Å². The van der Waals surface area contributed by atoms with Gasteiger partial charge in [-0.3, -0.25) is 0 Å². The molecule has 0 heterocycles. The second-order valence-corrected chi connectivity index (χ2v) is 5.32. The first-order valence-corrected chi connectivity index (χ1v) is 7.80. The fourth-order valence-corrected chi connectivity index (χ4v) is 2.39. The van der Waals surface area contributed by atoms with E-state index in [1.54, 1.807) is 7.11 Å². The lowest BCUT2D eigenvalue weighted by atomic mass is 10.1. The standard InChI is InChI=1S/C16H26ClNO2/c1-3-4-5-6-7-10-20-16-14(17)11-13(8-9-18)12-15(16)19-2/h11-12H,3-10,18H2,1-2H3. The van der Waals surface area contributed by atoms with Crippen molar-refractivity contribution in [2.45, 2.75) is 45.4 Å². The van der Waals surface area contributed by atoms with E-state index in [9.17, 15) is 0 Å². The molecule has 1 rings (SSSR count). The van der Waals surface area contributed by atoms with Crippen molar-refractivity contribution >= 4 is 11.6 Å². The zero-order valence-electron chi connectivity index (χ0n) is 12.6. The van der Waals surface area contributed by atoms with Crippen molar-refractivity contribution in [2.75, 3.05) is 20.3 Å². The molecule has 3 nitrogen and oxygen atoms in total. The highest BCUT2D eigenvalue weighted by atomic mass is 35.5.